The number of nitrogens with zero attached hydrogens (tertiary/aromatic N) is 1. The molecule has 0 amide bonds. The summed E-state index contributed by atoms with van der Waals surface area (Å²) in [4.78, 5) is 43.1. The van der Waals surface area contributed by atoms with E-state index in [4.69, 9.17) is 19.3 Å². The van der Waals surface area contributed by atoms with Crippen molar-refractivity contribution < 1.29 is 28.3 Å². The lowest BCUT2D eigenvalue weighted by atomic mass is 10.1. The van der Waals surface area contributed by atoms with Crippen molar-refractivity contribution in [1.29, 1.82) is 0 Å². The number of H-pyrrole nitrogens is 1. The van der Waals surface area contributed by atoms with Gasteiger partial charge in [-0.15, -0.1) is 0 Å². The normalized spacial score (nSPS) is 26.0. The maximum atomic E-state index is 11.9. The van der Waals surface area contributed by atoms with Crippen LogP contribution in [0.1, 0.15) is 33.4 Å². The molecule has 0 saturated carbocycles. The average molecular weight is 364 g/mol. The van der Waals surface area contributed by atoms with Crippen LogP contribution in [0.15, 0.2) is 21.9 Å². The Morgan fingerprint density at radius 2 is 2.04 bits per heavy atom. The van der Waals surface area contributed by atoms with Crippen molar-refractivity contribution in [3.05, 3.63) is 33.1 Å². The molecular formula is C13H21N2O8P. The summed E-state index contributed by atoms with van der Waals surface area (Å²) in [5.74, 6) is 0. The Kier molecular flexibility index (Phi) is 5.79. The van der Waals surface area contributed by atoms with E-state index in [0.29, 0.717) is 0 Å². The summed E-state index contributed by atoms with van der Waals surface area (Å²) in [6.07, 6.45) is -1.61. The first-order valence-electron chi connectivity index (χ1n) is 7.43. The summed E-state index contributed by atoms with van der Waals surface area (Å²) in [5, 5.41) is 0. The third kappa shape index (κ3) is 4.85. The van der Waals surface area contributed by atoms with E-state index in [0.717, 1.165) is 0 Å². The van der Waals surface area contributed by atoms with Gasteiger partial charge in [0, 0.05) is 18.7 Å². The molecule has 0 aliphatic carbocycles. The van der Waals surface area contributed by atoms with Crippen molar-refractivity contribution in [2.24, 2.45) is 0 Å². The number of rotatable bonds is 6. The highest BCUT2D eigenvalue weighted by molar-refractivity contribution is 7.46. The number of phosphoric ester groups is 1. The summed E-state index contributed by atoms with van der Waals surface area (Å²) in [6, 6.07) is 1.19. The van der Waals surface area contributed by atoms with Gasteiger partial charge >= 0.3 is 13.5 Å². The minimum absolute atomic E-state index is 0.158. The van der Waals surface area contributed by atoms with E-state index in [9.17, 15) is 14.2 Å². The third-order valence-corrected chi connectivity index (χ3v) is 4.10. The Balaban J connectivity index is 2.24. The summed E-state index contributed by atoms with van der Waals surface area (Å²) in [6.45, 7) is 5.08. The molecule has 11 heteroatoms. The minimum atomic E-state index is -4.69. The van der Waals surface area contributed by atoms with Gasteiger partial charge in [-0.1, -0.05) is 0 Å². The number of phosphoric acid groups is 1. The van der Waals surface area contributed by atoms with Crippen molar-refractivity contribution in [2.45, 2.75) is 57.8 Å². The second-order valence-corrected chi connectivity index (χ2v) is 7.02. The Bertz CT molecular complexity index is 723. The number of hydrogen-bond acceptors (Lipinski definition) is 6. The average Bonchev–Trinajstić information content (AvgIpc) is 2.79. The van der Waals surface area contributed by atoms with Crippen molar-refractivity contribution in [3.8, 4) is 0 Å². The zero-order valence-electron chi connectivity index (χ0n) is 13.5. The molecule has 1 aromatic rings. The van der Waals surface area contributed by atoms with E-state index >= 15 is 0 Å². The number of hydrogen-bond donors (Lipinski definition) is 3. The molecule has 0 bridgehead atoms. The number of aromatic amines is 1. The second-order valence-electron chi connectivity index (χ2n) is 5.83. The Morgan fingerprint density at radius 1 is 1.38 bits per heavy atom. The third-order valence-electron chi connectivity index (χ3n) is 3.49. The molecule has 1 aliphatic rings. The van der Waals surface area contributed by atoms with Gasteiger partial charge in [0.15, 0.2) is 0 Å². The predicted octanol–water partition coefficient (Wildman–Crippen LogP) is 0.116. The lowest BCUT2D eigenvalue weighted by molar-refractivity contribution is -0.0984. The van der Waals surface area contributed by atoms with Gasteiger partial charge in [0.1, 0.15) is 12.3 Å². The molecule has 1 aliphatic heterocycles. The number of nitrogens with one attached hydrogen (secondary N) is 1. The quantitative estimate of drug-likeness (QED) is 0.605. The number of aromatic nitrogens is 2. The summed E-state index contributed by atoms with van der Waals surface area (Å²) < 4.78 is 28.4. The fourth-order valence-electron chi connectivity index (χ4n) is 2.66. The van der Waals surface area contributed by atoms with Gasteiger partial charge < -0.3 is 19.3 Å². The van der Waals surface area contributed by atoms with E-state index in [-0.39, 0.29) is 12.5 Å². The smallest absolute Gasteiger partial charge is 0.373 e. The Morgan fingerprint density at radius 3 is 2.58 bits per heavy atom. The minimum Gasteiger partial charge on any atom is -0.373 e. The van der Waals surface area contributed by atoms with Gasteiger partial charge in [0.25, 0.3) is 5.56 Å². The molecule has 24 heavy (non-hydrogen) atoms. The molecule has 3 N–H and O–H groups in total. The van der Waals surface area contributed by atoms with Crippen LogP contribution >= 0.6 is 7.82 Å². The maximum absolute atomic E-state index is 11.9. The number of ether oxygens (including phenoxy) is 2. The zero-order chi connectivity index (χ0) is 18.1. The molecule has 10 nitrogen and oxygen atoms in total. The van der Waals surface area contributed by atoms with Crippen molar-refractivity contribution in [2.75, 3.05) is 0 Å². The molecule has 2 rings (SSSR count). The molecule has 2 heterocycles. The lowest BCUT2D eigenvalue weighted by Gasteiger charge is -2.26. The second kappa shape index (κ2) is 7.30. The van der Waals surface area contributed by atoms with E-state index < -0.39 is 43.6 Å². The standard InChI is InChI=1S/C13H21N2O8P/c1-7(2)21-9-6-11(15-5-4-10(16)14-13(15)17)22-12(9)8(3)23-24(18,19)20/h4-5,7-9,11-12H,6H2,1-3H3,(H,14,16,17)(H2,18,19,20)/t8?,9-,11?,12?/m1/s1. The van der Waals surface area contributed by atoms with Crippen LogP contribution in [0.3, 0.4) is 0 Å². The van der Waals surface area contributed by atoms with Crippen LogP contribution in [0.25, 0.3) is 0 Å². The van der Waals surface area contributed by atoms with Crippen LogP contribution in [0, 0.1) is 0 Å². The first-order valence-corrected chi connectivity index (χ1v) is 8.96. The van der Waals surface area contributed by atoms with Crippen molar-refractivity contribution in [3.63, 3.8) is 0 Å². The van der Waals surface area contributed by atoms with Gasteiger partial charge in [-0.2, -0.15) is 0 Å². The van der Waals surface area contributed by atoms with Gasteiger partial charge in [0.2, 0.25) is 0 Å². The van der Waals surface area contributed by atoms with Crippen LogP contribution < -0.4 is 11.2 Å². The largest absolute Gasteiger partial charge is 0.469 e. The monoisotopic (exact) mass is 364 g/mol. The van der Waals surface area contributed by atoms with E-state index in [2.05, 4.69) is 9.51 Å². The fourth-order valence-corrected chi connectivity index (χ4v) is 3.22. The van der Waals surface area contributed by atoms with Gasteiger partial charge in [-0.05, 0) is 20.8 Å². The molecule has 0 spiro atoms. The van der Waals surface area contributed by atoms with E-state index in [1.807, 2.05) is 13.8 Å². The van der Waals surface area contributed by atoms with Crippen LogP contribution in [0.4, 0.5) is 0 Å². The first kappa shape index (κ1) is 19.0. The van der Waals surface area contributed by atoms with E-state index in [1.165, 1.54) is 23.8 Å². The highest BCUT2D eigenvalue weighted by Gasteiger charge is 2.43. The molecule has 1 aromatic heterocycles. The molecule has 4 atom stereocenters. The van der Waals surface area contributed by atoms with Crippen LogP contribution in [0.2, 0.25) is 0 Å². The summed E-state index contributed by atoms with van der Waals surface area (Å²) in [5.41, 5.74) is -1.17. The van der Waals surface area contributed by atoms with Crippen molar-refractivity contribution >= 4 is 7.82 Å². The Labute approximate surface area is 137 Å². The first-order chi connectivity index (χ1) is 11.1. The predicted molar refractivity (Wildman–Crippen MR) is 82.4 cm³/mol. The molecule has 1 fully saturated rings. The highest BCUT2D eigenvalue weighted by Crippen LogP contribution is 2.41. The zero-order valence-corrected chi connectivity index (χ0v) is 14.4. The summed E-state index contributed by atoms with van der Waals surface area (Å²) in [7, 11) is -4.69. The Hall–Kier alpha value is -1.29. The van der Waals surface area contributed by atoms with Gasteiger partial charge in [-0.3, -0.25) is 18.9 Å². The van der Waals surface area contributed by atoms with Gasteiger partial charge in [0.05, 0.1) is 18.3 Å². The van der Waals surface area contributed by atoms with Crippen LogP contribution in [0.5, 0.6) is 0 Å². The molecule has 1 saturated heterocycles. The van der Waals surface area contributed by atoms with Gasteiger partial charge in [-0.25, -0.2) is 9.36 Å². The lowest BCUT2D eigenvalue weighted by Crippen LogP contribution is -2.37. The molecule has 3 unspecified atom stereocenters. The maximum Gasteiger partial charge on any atom is 0.469 e. The SMILES string of the molecule is CC(C)O[C@@H]1CC(n2ccc(=O)[nH]c2=O)OC1C(C)OP(=O)(O)O. The van der Waals surface area contributed by atoms with E-state index in [1.54, 1.807) is 0 Å². The molecule has 0 aromatic carbocycles. The summed E-state index contributed by atoms with van der Waals surface area (Å²) >= 11 is 0. The molecule has 136 valence electrons. The topological polar surface area (TPSA) is 140 Å². The van der Waals surface area contributed by atoms with Crippen LogP contribution in [-0.2, 0) is 18.6 Å². The van der Waals surface area contributed by atoms with Crippen molar-refractivity contribution in [1.82, 2.24) is 9.55 Å². The van der Waals surface area contributed by atoms with Crippen LogP contribution in [-0.4, -0.2) is 43.8 Å². The highest BCUT2D eigenvalue weighted by atomic mass is 31.2. The molecule has 0 radical (unpaired) electrons. The fraction of sp³-hybridized carbons (Fsp3) is 0.692. The molecular weight excluding hydrogens is 343 g/mol.